The van der Waals surface area contributed by atoms with Crippen LogP contribution in [0.5, 0.6) is 0 Å². The third-order valence-electron chi connectivity index (χ3n) is 5.15. The van der Waals surface area contributed by atoms with Gasteiger partial charge in [-0.25, -0.2) is 9.97 Å². The largest absolute Gasteiger partial charge is 0.348 e. The highest BCUT2D eigenvalue weighted by atomic mass is 35.5. The Balaban J connectivity index is 1.78. The van der Waals surface area contributed by atoms with Crippen molar-refractivity contribution in [2.24, 2.45) is 12.8 Å². The van der Waals surface area contributed by atoms with Crippen molar-refractivity contribution < 1.29 is 4.79 Å². The average Bonchev–Trinajstić information content (AvgIpc) is 3.21. The number of H-pyrrole nitrogens is 1. The van der Waals surface area contributed by atoms with Crippen molar-refractivity contribution in [3.8, 4) is 11.4 Å². The van der Waals surface area contributed by atoms with Crippen molar-refractivity contribution in [2.75, 3.05) is 0 Å². The number of hydrogen-bond acceptors (Lipinski definition) is 5. The minimum Gasteiger partial charge on any atom is -0.348 e. The van der Waals surface area contributed by atoms with Gasteiger partial charge in [-0.1, -0.05) is 11.6 Å². The number of amides is 1. The molecule has 3 aromatic heterocycles. The first kappa shape index (κ1) is 19.4. The Kier molecular flexibility index (Phi) is 4.55. The molecule has 0 saturated carbocycles. The van der Waals surface area contributed by atoms with E-state index in [4.69, 9.17) is 17.3 Å². The molecule has 0 fully saturated rings. The summed E-state index contributed by atoms with van der Waals surface area (Å²) in [6, 6.07) is 5.35. The molecule has 0 spiro atoms. The minimum atomic E-state index is -0.549. The second-order valence-corrected chi connectivity index (χ2v) is 8.24. The summed E-state index contributed by atoms with van der Waals surface area (Å²) in [7, 11) is 1.85. The number of rotatable bonds is 4. The van der Waals surface area contributed by atoms with Crippen LogP contribution in [0.1, 0.15) is 31.1 Å². The molecule has 0 aliphatic heterocycles. The highest BCUT2D eigenvalue weighted by Crippen LogP contribution is 2.29. The van der Waals surface area contributed by atoms with Gasteiger partial charge in [0.1, 0.15) is 16.9 Å². The average molecular weight is 412 g/mol. The van der Waals surface area contributed by atoms with Gasteiger partial charge < -0.3 is 16.0 Å². The fourth-order valence-corrected chi connectivity index (χ4v) is 3.23. The van der Waals surface area contributed by atoms with Crippen LogP contribution in [-0.2, 0) is 7.05 Å². The lowest BCUT2D eigenvalue weighted by molar-refractivity contribution is 0.0926. The van der Waals surface area contributed by atoms with E-state index in [-0.39, 0.29) is 11.9 Å². The highest BCUT2D eigenvalue weighted by Gasteiger charge is 2.25. The summed E-state index contributed by atoms with van der Waals surface area (Å²) in [6.07, 6.45) is 3.25. The van der Waals surface area contributed by atoms with E-state index in [0.717, 1.165) is 10.9 Å². The first-order chi connectivity index (χ1) is 13.6. The summed E-state index contributed by atoms with van der Waals surface area (Å²) in [5.74, 6) is -0.258. The zero-order chi connectivity index (χ0) is 20.9. The molecular formula is C20H22ClN7O. The van der Waals surface area contributed by atoms with Gasteiger partial charge in [-0.3, -0.25) is 9.48 Å². The zero-order valence-corrected chi connectivity index (χ0v) is 17.4. The van der Waals surface area contributed by atoms with Crippen molar-refractivity contribution in [3.05, 3.63) is 41.2 Å². The standard InChI is InChI=1S/C20H22ClN7O/c1-10(20(2,3)22)25-19(29)13-8-23-18-17(13)26-14(9-24-18)16-12-6-5-11(21)7-15(12)28(4)27-16/h5-10H,22H2,1-4H3,(H,23,24)(H,25,29)/t10-/m0/s1. The summed E-state index contributed by atoms with van der Waals surface area (Å²) in [4.78, 5) is 24.9. The number of aromatic amines is 1. The van der Waals surface area contributed by atoms with E-state index < -0.39 is 5.54 Å². The Hall–Kier alpha value is -2.97. The Bertz CT molecular complexity index is 1240. The molecule has 150 valence electrons. The normalized spacial score (nSPS) is 13.2. The number of nitrogens with zero attached hydrogens (tertiary/aromatic N) is 4. The quantitative estimate of drug-likeness (QED) is 0.477. The number of nitrogens with one attached hydrogen (secondary N) is 2. The molecule has 3 heterocycles. The van der Waals surface area contributed by atoms with Crippen LogP contribution in [0.2, 0.25) is 5.02 Å². The van der Waals surface area contributed by atoms with E-state index in [9.17, 15) is 4.79 Å². The molecule has 4 N–H and O–H groups in total. The summed E-state index contributed by atoms with van der Waals surface area (Å²) in [6.45, 7) is 5.60. The first-order valence-corrected chi connectivity index (χ1v) is 9.59. The number of carbonyl (C=O) groups is 1. The van der Waals surface area contributed by atoms with Crippen LogP contribution in [0.3, 0.4) is 0 Å². The second kappa shape index (κ2) is 6.82. The summed E-state index contributed by atoms with van der Waals surface area (Å²) in [5, 5.41) is 9.05. The maximum Gasteiger partial charge on any atom is 0.255 e. The van der Waals surface area contributed by atoms with Gasteiger partial charge in [-0.2, -0.15) is 5.10 Å². The molecule has 4 rings (SSSR count). The van der Waals surface area contributed by atoms with Crippen LogP contribution in [0.25, 0.3) is 33.5 Å². The number of hydrogen-bond donors (Lipinski definition) is 3. The number of aryl methyl sites for hydroxylation is 1. The molecule has 1 atom stereocenters. The Morgan fingerprint density at radius 1 is 1.38 bits per heavy atom. The molecule has 29 heavy (non-hydrogen) atoms. The van der Waals surface area contributed by atoms with Gasteiger partial charge in [0.25, 0.3) is 5.91 Å². The van der Waals surface area contributed by atoms with Gasteiger partial charge >= 0.3 is 0 Å². The van der Waals surface area contributed by atoms with Crippen molar-refractivity contribution in [1.29, 1.82) is 0 Å². The predicted molar refractivity (Wildman–Crippen MR) is 114 cm³/mol. The molecule has 0 aliphatic rings. The van der Waals surface area contributed by atoms with E-state index >= 15 is 0 Å². The van der Waals surface area contributed by atoms with E-state index in [0.29, 0.717) is 33.1 Å². The lowest BCUT2D eigenvalue weighted by atomic mass is 9.97. The monoisotopic (exact) mass is 411 g/mol. The number of fused-ring (bicyclic) bond motifs is 2. The van der Waals surface area contributed by atoms with E-state index in [1.165, 1.54) is 0 Å². The topological polar surface area (TPSA) is 115 Å². The number of carbonyl (C=O) groups excluding carboxylic acids is 1. The number of nitrogens with two attached hydrogens (primary N) is 1. The Morgan fingerprint density at radius 3 is 2.86 bits per heavy atom. The number of aromatic nitrogens is 5. The molecule has 1 amide bonds. The predicted octanol–water partition coefficient (Wildman–Crippen LogP) is 3.02. The van der Waals surface area contributed by atoms with Crippen LogP contribution < -0.4 is 11.1 Å². The smallest absolute Gasteiger partial charge is 0.255 e. The van der Waals surface area contributed by atoms with Crippen molar-refractivity contribution in [3.63, 3.8) is 0 Å². The van der Waals surface area contributed by atoms with Gasteiger partial charge in [0.2, 0.25) is 0 Å². The molecule has 0 saturated heterocycles. The van der Waals surface area contributed by atoms with Crippen LogP contribution in [0.4, 0.5) is 0 Å². The summed E-state index contributed by atoms with van der Waals surface area (Å²) < 4.78 is 1.75. The molecule has 8 nitrogen and oxygen atoms in total. The van der Waals surface area contributed by atoms with Crippen LogP contribution in [0, 0.1) is 0 Å². The van der Waals surface area contributed by atoms with Gasteiger partial charge in [-0.05, 0) is 39.0 Å². The van der Waals surface area contributed by atoms with Crippen molar-refractivity contribution >= 4 is 39.6 Å². The number of halogens is 1. The van der Waals surface area contributed by atoms with Crippen LogP contribution >= 0.6 is 11.6 Å². The molecule has 0 bridgehead atoms. The SMILES string of the molecule is C[C@H](NC(=O)c1c[nH]c2ncc(-c3nn(C)c4cc(Cl)ccc34)nc12)C(C)(C)N. The van der Waals surface area contributed by atoms with Gasteiger partial charge in [0.15, 0.2) is 5.65 Å². The lowest BCUT2D eigenvalue weighted by Gasteiger charge is -2.27. The third kappa shape index (κ3) is 3.45. The van der Waals surface area contributed by atoms with Gasteiger partial charge in [-0.15, -0.1) is 0 Å². The molecule has 0 aliphatic carbocycles. The Labute approximate surface area is 172 Å². The fourth-order valence-electron chi connectivity index (χ4n) is 3.06. The zero-order valence-electron chi connectivity index (χ0n) is 16.6. The summed E-state index contributed by atoms with van der Waals surface area (Å²) in [5.41, 5.74) is 9.10. The molecule has 1 aromatic carbocycles. The van der Waals surface area contributed by atoms with Crippen molar-refractivity contribution in [2.45, 2.75) is 32.4 Å². The van der Waals surface area contributed by atoms with Crippen LogP contribution in [-0.4, -0.2) is 42.2 Å². The molecule has 0 unspecified atom stereocenters. The van der Waals surface area contributed by atoms with E-state index in [2.05, 4.69) is 25.4 Å². The first-order valence-electron chi connectivity index (χ1n) is 9.21. The van der Waals surface area contributed by atoms with E-state index in [1.54, 1.807) is 17.1 Å². The molecule has 9 heteroatoms. The Morgan fingerprint density at radius 2 is 2.14 bits per heavy atom. The second-order valence-electron chi connectivity index (χ2n) is 7.81. The minimum absolute atomic E-state index is 0.222. The molecule has 4 aromatic rings. The maximum absolute atomic E-state index is 12.8. The highest BCUT2D eigenvalue weighted by molar-refractivity contribution is 6.31. The molecule has 0 radical (unpaired) electrons. The van der Waals surface area contributed by atoms with Gasteiger partial charge in [0, 0.05) is 35.2 Å². The van der Waals surface area contributed by atoms with Crippen molar-refractivity contribution in [1.82, 2.24) is 30.0 Å². The van der Waals surface area contributed by atoms with E-state index in [1.807, 2.05) is 46.0 Å². The number of benzene rings is 1. The summed E-state index contributed by atoms with van der Waals surface area (Å²) >= 11 is 6.11. The lowest BCUT2D eigenvalue weighted by Crippen LogP contribution is -2.52. The van der Waals surface area contributed by atoms with Gasteiger partial charge in [0.05, 0.1) is 17.3 Å². The third-order valence-corrected chi connectivity index (χ3v) is 5.38. The molecular weight excluding hydrogens is 390 g/mol. The van der Waals surface area contributed by atoms with Crippen LogP contribution in [0.15, 0.2) is 30.6 Å². The maximum atomic E-state index is 12.8. The fraction of sp³-hybridized carbons (Fsp3) is 0.300.